The molecule has 18 heavy (non-hydrogen) atoms. The summed E-state index contributed by atoms with van der Waals surface area (Å²) >= 11 is 0. The van der Waals surface area contributed by atoms with E-state index in [1.807, 2.05) is 0 Å². The van der Waals surface area contributed by atoms with Crippen molar-refractivity contribution >= 4 is 19.9 Å². The van der Waals surface area contributed by atoms with E-state index in [1.165, 1.54) is 11.4 Å². The van der Waals surface area contributed by atoms with Gasteiger partial charge in [0.05, 0.1) is 0 Å². The first-order valence-electron chi connectivity index (χ1n) is 6.07. The van der Waals surface area contributed by atoms with Crippen LogP contribution in [0.15, 0.2) is 0 Å². The summed E-state index contributed by atoms with van der Waals surface area (Å²) in [5.41, 5.74) is 0. The average Bonchev–Trinajstić information content (AvgIpc) is 2.53. The van der Waals surface area contributed by atoms with Crippen LogP contribution in [0.1, 0.15) is 25.7 Å². The molecule has 2 rings (SSSR count). The van der Waals surface area contributed by atoms with Gasteiger partial charge in [0, 0.05) is 31.4 Å². The number of piperidine rings is 1. The molecule has 2 fully saturated rings. The Balaban J connectivity index is 2.09. The molecule has 2 aliphatic rings. The molecule has 2 saturated heterocycles. The van der Waals surface area contributed by atoms with Crippen LogP contribution >= 0.6 is 0 Å². The van der Waals surface area contributed by atoms with Gasteiger partial charge in [-0.25, -0.2) is 21.1 Å². The van der Waals surface area contributed by atoms with Gasteiger partial charge in [-0.1, -0.05) is 0 Å². The van der Waals surface area contributed by atoms with Crippen molar-refractivity contribution in [1.29, 1.82) is 0 Å². The third-order valence-corrected chi connectivity index (χ3v) is 7.84. The summed E-state index contributed by atoms with van der Waals surface area (Å²) in [6.07, 6.45) is 4.67. The first-order chi connectivity index (χ1) is 8.17. The van der Waals surface area contributed by atoms with Crippen LogP contribution in [-0.2, 0) is 19.9 Å². The second-order valence-corrected chi connectivity index (χ2v) is 9.97. The normalized spacial score (nSPS) is 32.9. The number of sulfone groups is 1. The molecule has 2 heterocycles. The minimum Gasteiger partial charge on any atom is -0.311 e. The van der Waals surface area contributed by atoms with E-state index < -0.39 is 24.9 Å². The van der Waals surface area contributed by atoms with E-state index in [1.54, 1.807) is 0 Å². The highest BCUT2D eigenvalue weighted by molar-refractivity contribution is 8.06. The standard InChI is InChI=1S/C10H20N2O4S2/c1-12(18(15,16)7-17(2,13)14)10-5-8-3-4-9(6-10)11-8/h8-11H,3-7H2,1-2H3. The lowest BCUT2D eigenvalue weighted by Crippen LogP contribution is -2.49. The molecule has 106 valence electrons. The minimum atomic E-state index is -3.72. The van der Waals surface area contributed by atoms with E-state index in [0.717, 1.165) is 31.9 Å². The van der Waals surface area contributed by atoms with Crippen LogP contribution in [0, 0.1) is 0 Å². The molecule has 0 aromatic carbocycles. The highest BCUT2D eigenvalue weighted by Crippen LogP contribution is 2.30. The molecule has 0 aromatic heterocycles. The molecule has 2 atom stereocenters. The van der Waals surface area contributed by atoms with Gasteiger partial charge in [-0.2, -0.15) is 0 Å². The van der Waals surface area contributed by atoms with Gasteiger partial charge in [-0.05, 0) is 25.7 Å². The molecule has 0 amide bonds. The van der Waals surface area contributed by atoms with Crippen LogP contribution in [0.25, 0.3) is 0 Å². The Kier molecular flexibility index (Phi) is 3.74. The zero-order valence-electron chi connectivity index (χ0n) is 10.7. The Morgan fingerprint density at radius 2 is 1.61 bits per heavy atom. The van der Waals surface area contributed by atoms with Crippen molar-refractivity contribution in [2.75, 3.05) is 18.4 Å². The fourth-order valence-corrected chi connectivity index (χ4v) is 6.36. The number of hydrogen-bond donors (Lipinski definition) is 1. The number of hydrogen-bond acceptors (Lipinski definition) is 5. The van der Waals surface area contributed by atoms with Crippen molar-refractivity contribution in [3.8, 4) is 0 Å². The lowest BCUT2D eigenvalue weighted by molar-refractivity contribution is 0.252. The number of sulfonamides is 1. The third kappa shape index (κ3) is 3.23. The van der Waals surface area contributed by atoms with Gasteiger partial charge >= 0.3 is 0 Å². The quantitative estimate of drug-likeness (QED) is 0.758. The summed E-state index contributed by atoms with van der Waals surface area (Å²) in [5, 5.41) is 2.64. The van der Waals surface area contributed by atoms with Crippen LogP contribution < -0.4 is 5.32 Å². The largest absolute Gasteiger partial charge is 0.311 e. The van der Waals surface area contributed by atoms with Crippen molar-refractivity contribution < 1.29 is 16.8 Å². The van der Waals surface area contributed by atoms with Gasteiger partial charge in [-0.3, -0.25) is 0 Å². The van der Waals surface area contributed by atoms with Crippen LogP contribution in [0.3, 0.4) is 0 Å². The summed E-state index contributed by atoms with van der Waals surface area (Å²) in [7, 11) is -5.75. The SMILES string of the molecule is CN(C1CC2CCC(C1)N2)S(=O)(=O)CS(C)(=O)=O. The Bertz CT molecular complexity index is 502. The van der Waals surface area contributed by atoms with E-state index in [4.69, 9.17) is 0 Å². The van der Waals surface area contributed by atoms with Crippen molar-refractivity contribution in [3.63, 3.8) is 0 Å². The van der Waals surface area contributed by atoms with E-state index in [0.29, 0.717) is 12.1 Å². The molecule has 0 radical (unpaired) electrons. The maximum Gasteiger partial charge on any atom is 0.228 e. The number of rotatable bonds is 4. The van der Waals surface area contributed by atoms with Gasteiger partial charge in [0.2, 0.25) is 10.0 Å². The van der Waals surface area contributed by atoms with Crippen LogP contribution in [0.2, 0.25) is 0 Å². The zero-order valence-corrected chi connectivity index (χ0v) is 12.3. The summed E-state index contributed by atoms with van der Waals surface area (Å²) < 4.78 is 47.6. The number of nitrogens with zero attached hydrogens (tertiary/aromatic N) is 1. The lowest BCUT2D eigenvalue weighted by atomic mass is 10.0. The zero-order chi connectivity index (χ0) is 13.6. The highest BCUT2D eigenvalue weighted by atomic mass is 32.3. The second-order valence-electron chi connectivity index (χ2n) is 5.43. The predicted molar refractivity (Wildman–Crippen MR) is 69.4 cm³/mol. The Labute approximate surface area is 109 Å². The van der Waals surface area contributed by atoms with Gasteiger partial charge in [0.15, 0.2) is 14.9 Å². The fraction of sp³-hybridized carbons (Fsp3) is 1.00. The molecule has 2 bridgehead atoms. The van der Waals surface area contributed by atoms with Crippen molar-refractivity contribution in [3.05, 3.63) is 0 Å². The Morgan fingerprint density at radius 1 is 1.11 bits per heavy atom. The Hall–Kier alpha value is -0.180. The van der Waals surface area contributed by atoms with Crippen LogP contribution in [0.5, 0.6) is 0 Å². The van der Waals surface area contributed by atoms with Crippen molar-refractivity contribution in [1.82, 2.24) is 9.62 Å². The summed E-state index contributed by atoms with van der Waals surface area (Å²) in [6.45, 7) is 0. The van der Waals surface area contributed by atoms with Gasteiger partial charge in [0.1, 0.15) is 0 Å². The summed E-state index contributed by atoms with van der Waals surface area (Å²) in [4.78, 5) is 0. The molecule has 0 aromatic rings. The molecular formula is C10H20N2O4S2. The van der Waals surface area contributed by atoms with Gasteiger partial charge in [0.25, 0.3) is 0 Å². The molecular weight excluding hydrogens is 276 g/mol. The number of nitrogens with one attached hydrogen (secondary N) is 1. The topological polar surface area (TPSA) is 83.6 Å². The maximum absolute atomic E-state index is 12.0. The van der Waals surface area contributed by atoms with Gasteiger partial charge in [-0.15, -0.1) is 0 Å². The molecule has 2 unspecified atom stereocenters. The van der Waals surface area contributed by atoms with Gasteiger partial charge < -0.3 is 5.32 Å². The molecule has 0 spiro atoms. The first kappa shape index (κ1) is 14.2. The van der Waals surface area contributed by atoms with E-state index in [-0.39, 0.29) is 6.04 Å². The lowest BCUT2D eigenvalue weighted by Gasteiger charge is -2.34. The smallest absolute Gasteiger partial charge is 0.228 e. The molecule has 0 saturated carbocycles. The first-order valence-corrected chi connectivity index (χ1v) is 9.74. The fourth-order valence-electron chi connectivity index (χ4n) is 2.90. The number of fused-ring (bicyclic) bond motifs is 2. The Morgan fingerprint density at radius 3 is 2.06 bits per heavy atom. The predicted octanol–water partition coefficient (Wildman–Crippen LogP) is -0.467. The molecule has 0 aliphatic carbocycles. The maximum atomic E-state index is 12.0. The molecule has 1 N–H and O–H groups in total. The second kappa shape index (κ2) is 4.73. The summed E-state index contributed by atoms with van der Waals surface area (Å²) in [5.74, 6) is 0. The highest BCUT2D eigenvalue weighted by Gasteiger charge is 2.39. The van der Waals surface area contributed by atoms with E-state index in [9.17, 15) is 16.8 Å². The average molecular weight is 296 g/mol. The minimum absolute atomic E-state index is 0.0736. The van der Waals surface area contributed by atoms with E-state index >= 15 is 0 Å². The molecule has 2 aliphatic heterocycles. The van der Waals surface area contributed by atoms with Crippen LogP contribution in [0.4, 0.5) is 0 Å². The van der Waals surface area contributed by atoms with E-state index in [2.05, 4.69) is 5.32 Å². The molecule has 6 nitrogen and oxygen atoms in total. The van der Waals surface area contributed by atoms with Crippen LogP contribution in [-0.4, -0.2) is 57.7 Å². The third-order valence-electron chi connectivity index (χ3n) is 3.76. The monoisotopic (exact) mass is 296 g/mol. The summed E-state index contributed by atoms with van der Waals surface area (Å²) in [6, 6.07) is 0.685. The van der Waals surface area contributed by atoms with Crippen molar-refractivity contribution in [2.24, 2.45) is 0 Å². The molecule has 8 heteroatoms. The van der Waals surface area contributed by atoms with Crippen molar-refractivity contribution in [2.45, 2.75) is 43.8 Å².